The molecule has 0 spiro atoms. The Morgan fingerprint density at radius 2 is 1.86 bits per heavy atom. The molecule has 14 heavy (non-hydrogen) atoms. The molecule has 1 nitrogen and oxygen atoms in total. The van der Waals surface area contributed by atoms with Crippen molar-refractivity contribution in [2.75, 3.05) is 0 Å². The summed E-state index contributed by atoms with van der Waals surface area (Å²) in [6.45, 7) is 1.29. The van der Waals surface area contributed by atoms with E-state index in [1.54, 1.807) is 0 Å². The van der Waals surface area contributed by atoms with Crippen LogP contribution in [0.4, 0.5) is 17.6 Å². The summed E-state index contributed by atoms with van der Waals surface area (Å²) in [7, 11) is 0. The molecule has 0 unspecified atom stereocenters. The standard InChI is InChI=1S/C8H5ClF4O/c1-4-2-3-5(9)6(10)7(4)14-8(11,12)13/h2-3H,1H3. The highest BCUT2D eigenvalue weighted by Crippen LogP contribution is 2.32. The smallest absolute Gasteiger partial charge is 0.402 e. The lowest BCUT2D eigenvalue weighted by Crippen LogP contribution is -2.18. The predicted molar refractivity (Wildman–Crippen MR) is 42.8 cm³/mol. The van der Waals surface area contributed by atoms with Gasteiger partial charge in [0.2, 0.25) is 0 Å². The van der Waals surface area contributed by atoms with Gasteiger partial charge in [-0.15, -0.1) is 13.2 Å². The van der Waals surface area contributed by atoms with Crippen LogP contribution in [0.2, 0.25) is 5.02 Å². The third-order valence-electron chi connectivity index (χ3n) is 1.46. The molecule has 1 rings (SSSR count). The van der Waals surface area contributed by atoms with Gasteiger partial charge in [-0.05, 0) is 18.6 Å². The van der Waals surface area contributed by atoms with E-state index in [0.29, 0.717) is 0 Å². The van der Waals surface area contributed by atoms with Crippen molar-refractivity contribution in [3.8, 4) is 5.75 Å². The molecule has 0 amide bonds. The van der Waals surface area contributed by atoms with Crippen molar-refractivity contribution < 1.29 is 22.3 Å². The first kappa shape index (κ1) is 11.1. The maximum atomic E-state index is 13.0. The zero-order valence-electron chi connectivity index (χ0n) is 6.95. The number of alkyl halides is 3. The van der Waals surface area contributed by atoms with Crippen LogP contribution in [0.1, 0.15) is 5.56 Å². The fourth-order valence-corrected chi connectivity index (χ4v) is 1.02. The quantitative estimate of drug-likeness (QED) is 0.666. The molecule has 0 aliphatic rings. The molecule has 6 heteroatoms. The van der Waals surface area contributed by atoms with Gasteiger partial charge in [-0.1, -0.05) is 17.7 Å². The van der Waals surface area contributed by atoms with E-state index in [0.717, 1.165) is 6.07 Å². The molecule has 0 atom stereocenters. The van der Waals surface area contributed by atoms with E-state index in [4.69, 9.17) is 11.6 Å². The first-order valence-corrected chi connectivity index (χ1v) is 3.89. The first-order chi connectivity index (χ1) is 6.31. The highest BCUT2D eigenvalue weighted by Gasteiger charge is 2.33. The number of halogens is 5. The second-order valence-corrected chi connectivity index (χ2v) is 2.96. The summed E-state index contributed by atoms with van der Waals surface area (Å²) in [5.41, 5.74) is 0.0317. The predicted octanol–water partition coefficient (Wildman–Crippen LogP) is 3.69. The summed E-state index contributed by atoms with van der Waals surface area (Å²) in [6, 6.07) is 2.40. The Kier molecular flexibility index (Phi) is 2.89. The summed E-state index contributed by atoms with van der Waals surface area (Å²) < 4.78 is 51.9. The van der Waals surface area contributed by atoms with Gasteiger partial charge >= 0.3 is 6.36 Å². The largest absolute Gasteiger partial charge is 0.573 e. The SMILES string of the molecule is Cc1ccc(Cl)c(F)c1OC(F)(F)F. The fourth-order valence-electron chi connectivity index (χ4n) is 0.870. The monoisotopic (exact) mass is 228 g/mol. The molecule has 1 aromatic rings. The third-order valence-corrected chi connectivity index (χ3v) is 1.76. The highest BCUT2D eigenvalue weighted by atomic mass is 35.5. The molecular weight excluding hydrogens is 224 g/mol. The average molecular weight is 229 g/mol. The highest BCUT2D eigenvalue weighted by molar-refractivity contribution is 6.30. The average Bonchev–Trinajstić information content (AvgIpc) is 2.04. The number of hydrogen-bond donors (Lipinski definition) is 0. The summed E-state index contributed by atoms with van der Waals surface area (Å²) >= 11 is 5.29. The lowest BCUT2D eigenvalue weighted by atomic mass is 10.2. The van der Waals surface area contributed by atoms with Gasteiger partial charge in [-0.2, -0.15) is 0 Å². The fraction of sp³-hybridized carbons (Fsp3) is 0.250. The normalized spacial score (nSPS) is 11.6. The molecule has 1 aromatic carbocycles. The molecule has 0 heterocycles. The molecule has 0 aliphatic heterocycles. The van der Waals surface area contributed by atoms with Crippen LogP contribution < -0.4 is 4.74 Å². The summed E-state index contributed by atoms with van der Waals surface area (Å²) in [4.78, 5) is 0. The minimum Gasteiger partial charge on any atom is -0.402 e. The van der Waals surface area contributed by atoms with Gasteiger partial charge in [0, 0.05) is 0 Å². The second-order valence-electron chi connectivity index (χ2n) is 2.56. The summed E-state index contributed by atoms with van der Waals surface area (Å²) in [5, 5.41) is -0.408. The molecule has 0 saturated carbocycles. The molecule has 78 valence electrons. The van der Waals surface area contributed by atoms with Gasteiger partial charge in [0.05, 0.1) is 5.02 Å². The van der Waals surface area contributed by atoms with Crippen molar-refractivity contribution in [3.63, 3.8) is 0 Å². The second kappa shape index (κ2) is 3.65. The van der Waals surface area contributed by atoms with Crippen molar-refractivity contribution in [1.82, 2.24) is 0 Å². The number of benzene rings is 1. The van der Waals surface area contributed by atoms with E-state index >= 15 is 0 Å². The molecule has 0 radical (unpaired) electrons. The van der Waals surface area contributed by atoms with Crippen molar-refractivity contribution >= 4 is 11.6 Å². The van der Waals surface area contributed by atoms with Crippen molar-refractivity contribution in [2.45, 2.75) is 13.3 Å². The zero-order chi connectivity index (χ0) is 10.9. The van der Waals surface area contributed by atoms with Crippen LogP contribution in [0.15, 0.2) is 12.1 Å². The Labute approximate surface area is 82.2 Å². The van der Waals surface area contributed by atoms with Crippen LogP contribution >= 0.6 is 11.6 Å². The van der Waals surface area contributed by atoms with Crippen LogP contribution in [-0.2, 0) is 0 Å². The van der Waals surface area contributed by atoms with E-state index in [1.807, 2.05) is 0 Å². The molecule has 0 aliphatic carbocycles. The molecule has 0 fully saturated rings. The van der Waals surface area contributed by atoms with Gasteiger partial charge in [-0.3, -0.25) is 0 Å². The number of rotatable bonds is 1. The minimum atomic E-state index is -4.92. The van der Waals surface area contributed by atoms with Gasteiger partial charge in [0.1, 0.15) is 0 Å². The third kappa shape index (κ3) is 2.51. The van der Waals surface area contributed by atoms with Gasteiger partial charge in [0.25, 0.3) is 0 Å². The van der Waals surface area contributed by atoms with E-state index < -0.39 is 23.0 Å². The maximum Gasteiger partial charge on any atom is 0.573 e. The Morgan fingerprint density at radius 3 is 2.36 bits per heavy atom. The van der Waals surface area contributed by atoms with Gasteiger partial charge in [0.15, 0.2) is 11.6 Å². The minimum absolute atomic E-state index is 0.0317. The van der Waals surface area contributed by atoms with Crippen molar-refractivity contribution in [3.05, 3.63) is 28.5 Å². The molecule has 0 bridgehead atoms. The van der Waals surface area contributed by atoms with Crippen LogP contribution in [0.5, 0.6) is 5.75 Å². The summed E-state index contributed by atoms with van der Waals surface area (Å²) in [6.07, 6.45) is -4.92. The van der Waals surface area contributed by atoms with E-state index in [2.05, 4.69) is 4.74 Å². The van der Waals surface area contributed by atoms with Crippen LogP contribution in [0.25, 0.3) is 0 Å². The molecule has 0 saturated heterocycles. The Bertz CT molecular complexity index is 348. The van der Waals surface area contributed by atoms with E-state index in [-0.39, 0.29) is 5.56 Å². The zero-order valence-corrected chi connectivity index (χ0v) is 7.71. The topological polar surface area (TPSA) is 9.23 Å². The Hall–Kier alpha value is -0.970. The maximum absolute atomic E-state index is 13.0. The lowest BCUT2D eigenvalue weighted by Gasteiger charge is -2.12. The van der Waals surface area contributed by atoms with E-state index in [1.165, 1.54) is 13.0 Å². The molecular formula is C8H5ClF4O. The Balaban J connectivity index is 3.13. The lowest BCUT2D eigenvalue weighted by molar-refractivity contribution is -0.275. The number of aryl methyl sites for hydroxylation is 1. The number of hydrogen-bond acceptors (Lipinski definition) is 1. The first-order valence-electron chi connectivity index (χ1n) is 3.51. The molecule has 0 aromatic heterocycles. The number of ether oxygens (including phenoxy) is 1. The van der Waals surface area contributed by atoms with Gasteiger partial charge < -0.3 is 4.74 Å². The van der Waals surface area contributed by atoms with Crippen LogP contribution in [0, 0.1) is 12.7 Å². The summed E-state index contributed by atoms with van der Waals surface area (Å²) in [5.74, 6) is -2.09. The van der Waals surface area contributed by atoms with Crippen LogP contribution in [-0.4, -0.2) is 6.36 Å². The molecule has 0 N–H and O–H groups in total. The van der Waals surface area contributed by atoms with Crippen molar-refractivity contribution in [1.29, 1.82) is 0 Å². The van der Waals surface area contributed by atoms with E-state index in [9.17, 15) is 17.6 Å². The van der Waals surface area contributed by atoms with Crippen molar-refractivity contribution in [2.24, 2.45) is 0 Å². The Morgan fingerprint density at radius 1 is 1.29 bits per heavy atom. The van der Waals surface area contributed by atoms with Gasteiger partial charge in [-0.25, -0.2) is 4.39 Å². The van der Waals surface area contributed by atoms with Crippen LogP contribution in [0.3, 0.4) is 0 Å².